The van der Waals surface area contributed by atoms with Crippen LogP contribution in [-0.4, -0.2) is 28.0 Å². The fraction of sp³-hybridized carbons (Fsp3) is 0.0270. The number of carbonyl (C=O) groups is 2. The third kappa shape index (κ3) is 7.55. The van der Waals surface area contributed by atoms with Gasteiger partial charge in [0.2, 0.25) is 24.2 Å². The Morgan fingerprint density at radius 2 is 0.714 bits per heavy atom. The lowest BCUT2D eigenvalue weighted by Crippen LogP contribution is -2.81. The number of Topliss-reactive ketones (excluding diaryl/α,β-unsaturated/α-hetero) is 1. The van der Waals surface area contributed by atoms with E-state index in [1.165, 1.54) is 17.0 Å². The van der Waals surface area contributed by atoms with Crippen molar-refractivity contribution < 1.29 is 107 Å². The number of carbonyl (C=O) groups excluding carboxylic acids is 1. The van der Waals surface area contributed by atoms with E-state index in [1.807, 2.05) is 6.07 Å². The molecule has 6 rings (SSSR count). The number of nitrogens with zero attached hydrogens (tertiary/aromatic N) is 2. The zero-order chi connectivity index (χ0) is 47.3. The van der Waals surface area contributed by atoms with Crippen molar-refractivity contribution >= 4 is 39.7 Å². The van der Waals surface area contributed by atoms with Crippen molar-refractivity contribution in [2.24, 2.45) is 0 Å². The van der Waals surface area contributed by atoms with E-state index < -0.39 is 150 Å². The quantitative estimate of drug-likeness (QED) is 0.0456. The molecule has 1 heterocycles. The van der Waals surface area contributed by atoms with Crippen LogP contribution in [0.1, 0.15) is 20.8 Å². The van der Waals surface area contributed by atoms with Gasteiger partial charge in [-0.05, 0) is 0 Å². The van der Waals surface area contributed by atoms with Gasteiger partial charge in [-0.15, -0.1) is 21.9 Å². The summed E-state index contributed by atoms with van der Waals surface area (Å²) in [7, 11) is 0. The van der Waals surface area contributed by atoms with Crippen LogP contribution in [0.3, 0.4) is 0 Å². The Balaban J connectivity index is 0.000000345. The predicted molar refractivity (Wildman–Crippen MR) is 171 cm³/mol. The number of halogens is 20. The second-order valence-corrected chi connectivity index (χ2v) is 12.5. The van der Waals surface area contributed by atoms with E-state index in [0.29, 0.717) is 5.56 Å². The number of rotatable bonds is 8. The summed E-state index contributed by atoms with van der Waals surface area (Å²) >= 11 is 0. The molecule has 0 atom stereocenters. The molecule has 5 aromatic carbocycles. The zero-order valence-corrected chi connectivity index (χ0v) is 29.6. The Hall–Kier alpha value is -7.02. The standard InChI is InChI=1S/C24BF20.C13H10N2O3/c26-5-1(6(27)14(35)21(42)13(5)34)25(2-7(28)15(36)22(43)16(37)8(2)29,3-9(30)17(38)23(44)18(39)10(3)31)4-11(32)19(40)24(45)20(41)12(4)33;16-12(10-4-2-1-3-5-10)9-15-7-6-14-11(8-15)13(17)18/h;1-8H,9H2/q-1;/p+1. The molecule has 0 fully saturated rings. The molecule has 1 aromatic heterocycles. The van der Waals surface area contributed by atoms with Crippen molar-refractivity contribution in [1.82, 2.24) is 4.98 Å². The summed E-state index contributed by atoms with van der Waals surface area (Å²) in [5, 5.41) is 8.80. The highest BCUT2D eigenvalue weighted by Gasteiger charge is 2.52. The molecule has 6 aromatic rings. The van der Waals surface area contributed by atoms with E-state index in [2.05, 4.69) is 4.98 Å². The molecule has 0 aliphatic rings. The van der Waals surface area contributed by atoms with Gasteiger partial charge in [-0.2, -0.15) is 4.57 Å². The van der Waals surface area contributed by atoms with Crippen LogP contribution < -0.4 is 26.4 Å². The van der Waals surface area contributed by atoms with Crippen LogP contribution in [-0.2, 0) is 6.54 Å². The number of ketones is 1. The van der Waals surface area contributed by atoms with Crippen molar-refractivity contribution in [2.45, 2.75) is 6.54 Å². The molecule has 0 bridgehead atoms. The van der Waals surface area contributed by atoms with Gasteiger partial charge in [-0.3, -0.25) is 4.79 Å². The average molecular weight is 922 g/mol. The number of carboxylic acid groups (broad SMARTS) is 1. The van der Waals surface area contributed by atoms with E-state index in [9.17, 15) is 62.3 Å². The lowest BCUT2D eigenvalue weighted by Gasteiger charge is -2.44. The molecule has 0 spiro atoms. The van der Waals surface area contributed by atoms with Gasteiger partial charge in [-0.25, -0.2) is 97.6 Å². The molecular formula is C37H11BF20N2O3. The number of hydrogen-bond acceptors (Lipinski definition) is 3. The molecule has 0 unspecified atom stereocenters. The summed E-state index contributed by atoms with van der Waals surface area (Å²) < 4.78 is 295. The topological polar surface area (TPSA) is 71.1 Å². The van der Waals surface area contributed by atoms with E-state index >= 15 is 35.1 Å². The van der Waals surface area contributed by atoms with Crippen molar-refractivity contribution in [2.75, 3.05) is 0 Å². The maximum atomic E-state index is 15.4. The van der Waals surface area contributed by atoms with E-state index in [-0.39, 0.29) is 18.0 Å². The molecule has 0 radical (unpaired) electrons. The zero-order valence-electron chi connectivity index (χ0n) is 29.6. The highest BCUT2D eigenvalue weighted by atomic mass is 19.2. The molecule has 63 heavy (non-hydrogen) atoms. The molecule has 330 valence electrons. The van der Waals surface area contributed by atoms with Crippen LogP contribution in [0.4, 0.5) is 87.8 Å². The fourth-order valence-corrected chi connectivity index (χ4v) is 6.40. The second kappa shape index (κ2) is 17.4. The first-order chi connectivity index (χ1) is 29.4. The SMILES string of the molecule is Fc1c(F)c(F)c([B-](c2c(F)c(F)c(F)c(F)c2F)(c2c(F)c(F)c(F)c(F)c2F)c2c(F)c(F)c(F)c(F)c2F)c(F)c1F.O=C(C[n+]1ccnc(C(=O)O)c1)c1ccccc1. The molecule has 1 N–H and O–H groups in total. The monoisotopic (exact) mass is 922 g/mol. The minimum atomic E-state index is -7.22. The summed E-state index contributed by atoms with van der Waals surface area (Å²) in [6, 6.07) is 8.85. The van der Waals surface area contributed by atoms with Crippen LogP contribution in [0.2, 0.25) is 0 Å². The van der Waals surface area contributed by atoms with Gasteiger partial charge in [0.15, 0.2) is 76.0 Å². The molecule has 5 nitrogen and oxygen atoms in total. The summed E-state index contributed by atoms with van der Waals surface area (Å²) in [6.07, 6.45) is -2.95. The minimum absolute atomic E-state index is 0.0804. The van der Waals surface area contributed by atoms with Crippen molar-refractivity contribution in [1.29, 1.82) is 0 Å². The maximum absolute atomic E-state index is 15.4. The van der Waals surface area contributed by atoms with Gasteiger partial charge in [0.1, 0.15) is 52.7 Å². The number of benzene rings is 5. The summed E-state index contributed by atoms with van der Waals surface area (Å²) in [6.45, 7) is 0.0901. The van der Waals surface area contributed by atoms with Crippen molar-refractivity contribution in [3.63, 3.8) is 0 Å². The van der Waals surface area contributed by atoms with Gasteiger partial charge < -0.3 is 5.11 Å². The summed E-state index contributed by atoms with van der Waals surface area (Å²) in [5.74, 6) is -72.6. The average Bonchev–Trinajstić information content (AvgIpc) is 3.26. The molecule has 0 aliphatic heterocycles. The molecule has 0 saturated heterocycles. The fourth-order valence-electron chi connectivity index (χ4n) is 6.40. The Morgan fingerprint density at radius 3 is 0.984 bits per heavy atom. The number of carboxylic acids is 1. The lowest BCUT2D eigenvalue weighted by atomic mass is 9.12. The van der Waals surface area contributed by atoms with Crippen LogP contribution in [0, 0.1) is 116 Å². The van der Waals surface area contributed by atoms with Crippen LogP contribution >= 0.6 is 0 Å². The Kier molecular flexibility index (Phi) is 13.0. The Labute approximate surface area is 335 Å². The van der Waals surface area contributed by atoms with Gasteiger partial charge in [0, 0.05) is 5.56 Å². The lowest BCUT2D eigenvalue weighted by molar-refractivity contribution is -0.683. The van der Waals surface area contributed by atoms with E-state index in [0.717, 1.165) is 0 Å². The van der Waals surface area contributed by atoms with Crippen LogP contribution in [0.25, 0.3) is 0 Å². The number of hydrogen-bond donors (Lipinski definition) is 1. The summed E-state index contributed by atoms with van der Waals surface area (Å²) in [4.78, 5) is 26.3. The van der Waals surface area contributed by atoms with E-state index in [4.69, 9.17) is 5.11 Å². The summed E-state index contributed by atoms with van der Waals surface area (Å²) in [5.41, 5.74) is -13.8. The first-order valence-electron chi connectivity index (χ1n) is 16.3. The number of aromatic carboxylic acids is 1. The van der Waals surface area contributed by atoms with Gasteiger partial charge in [-0.1, -0.05) is 30.3 Å². The number of aromatic nitrogens is 2. The van der Waals surface area contributed by atoms with Crippen molar-refractivity contribution in [3.05, 3.63) is 177 Å². The molecular weight excluding hydrogens is 911 g/mol. The largest absolute Gasteiger partial charge is 0.476 e. The van der Waals surface area contributed by atoms with Gasteiger partial charge in [0.05, 0.1) is 6.20 Å². The van der Waals surface area contributed by atoms with Gasteiger partial charge in [0.25, 0.3) is 0 Å². The predicted octanol–water partition coefficient (Wildman–Crippen LogP) is 6.80. The molecule has 26 heteroatoms. The Morgan fingerprint density at radius 1 is 0.444 bits per heavy atom. The normalized spacial score (nSPS) is 11.4. The first kappa shape index (κ1) is 47.0. The molecule has 0 amide bonds. The highest BCUT2D eigenvalue weighted by molar-refractivity contribution is 7.20. The molecule has 0 saturated carbocycles. The maximum Gasteiger partial charge on any atom is 0.360 e. The smallest absolute Gasteiger partial charge is 0.360 e. The van der Waals surface area contributed by atoms with Crippen LogP contribution in [0.5, 0.6) is 0 Å². The third-order valence-electron chi connectivity index (χ3n) is 9.11. The van der Waals surface area contributed by atoms with Crippen LogP contribution in [0.15, 0.2) is 48.9 Å². The Bertz CT molecular complexity index is 2500. The van der Waals surface area contributed by atoms with Gasteiger partial charge >= 0.3 is 5.97 Å². The highest BCUT2D eigenvalue weighted by Crippen LogP contribution is 2.30. The van der Waals surface area contributed by atoms with E-state index in [1.54, 1.807) is 30.5 Å². The third-order valence-corrected chi connectivity index (χ3v) is 9.11. The first-order valence-corrected chi connectivity index (χ1v) is 16.3. The van der Waals surface area contributed by atoms with Crippen molar-refractivity contribution in [3.8, 4) is 0 Å². The minimum Gasteiger partial charge on any atom is -0.476 e. The molecule has 0 aliphatic carbocycles. The second-order valence-electron chi connectivity index (χ2n) is 12.5.